The molecule has 0 saturated carbocycles. The maximum absolute atomic E-state index is 13.2. The molecule has 146 valence electrons. The molecular formula is C23H20ClN3O2. The standard InChI is InChI=1S/C23H20ClN3O2/c1-27-12-18(14-5-2-3-6-16(14)23(27)29)22(28)26-20-8-4-7-15-17-11-13(24)9-10-19(17)25-21(15)20/h2-3,5-6,9-12,20,25H,4,7-8H2,1H3,(H,26,28)/t20-/m0/s1. The monoisotopic (exact) mass is 405 g/mol. The summed E-state index contributed by atoms with van der Waals surface area (Å²) in [6.45, 7) is 0. The summed E-state index contributed by atoms with van der Waals surface area (Å²) < 4.78 is 1.47. The Bertz CT molecular complexity index is 1340. The summed E-state index contributed by atoms with van der Waals surface area (Å²) in [6.07, 6.45) is 4.44. The third kappa shape index (κ3) is 2.93. The highest BCUT2D eigenvalue weighted by molar-refractivity contribution is 6.31. The second kappa shape index (κ2) is 6.78. The molecule has 0 spiro atoms. The number of pyridine rings is 1. The summed E-state index contributed by atoms with van der Waals surface area (Å²) >= 11 is 6.19. The minimum atomic E-state index is -0.175. The highest BCUT2D eigenvalue weighted by atomic mass is 35.5. The zero-order valence-corrected chi connectivity index (χ0v) is 16.7. The van der Waals surface area contributed by atoms with Crippen LogP contribution in [0.3, 0.4) is 0 Å². The number of aromatic amines is 1. The molecule has 0 aliphatic heterocycles. The number of nitrogens with zero attached hydrogens (tertiary/aromatic N) is 1. The van der Waals surface area contributed by atoms with Crippen molar-refractivity contribution < 1.29 is 4.79 Å². The van der Waals surface area contributed by atoms with Gasteiger partial charge in [-0.25, -0.2) is 0 Å². The minimum Gasteiger partial charge on any atom is -0.356 e. The molecule has 2 aromatic carbocycles. The number of hydrogen-bond acceptors (Lipinski definition) is 2. The first kappa shape index (κ1) is 18.0. The molecule has 0 radical (unpaired) electrons. The van der Waals surface area contributed by atoms with Crippen LogP contribution in [0.1, 0.15) is 40.5 Å². The molecule has 0 bridgehead atoms. The molecule has 2 N–H and O–H groups in total. The van der Waals surface area contributed by atoms with E-state index in [2.05, 4.69) is 10.3 Å². The summed E-state index contributed by atoms with van der Waals surface area (Å²) in [7, 11) is 1.67. The van der Waals surface area contributed by atoms with E-state index in [1.54, 1.807) is 19.3 Å². The van der Waals surface area contributed by atoms with Crippen LogP contribution >= 0.6 is 11.6 Å². The van der Waals surface area contributed by atoms with Crippen molar-refractivity contribution in [2.45, 2.75) is 25.3 Å². The lowest BCUT2D eigenvalue weighted by Gasteiger charge is -2.24. The predicted molar refractivity (Wildman–Crippen MR) is 116 cm³/mol. The van der Waals surface area contributed by atoms with Crippen molar-refractivity contribution in [3.63, 3.8) is 0 Å². The fraction of sp³-hybridized carbons (Fsp3) is 0.217. The Labute approximate surface area is 172 Å². The first-order chi connectivity index (χ1) is 14.0. The molecule has 5 rings (SSSR count). The van der Waals surface area contributed by atoms with E-state index in [0.717, 1.165) is 35.9 Å². The van der Waals surface area contributed by atoms with Crippen LogP contribution in [0.4, 0.5) is 0 Å². The smallest absolute Gasteiger partial charge is 0.258 e. The number of fused-ring (bicyclic) bond motifs is 4. The van der Waals surface area contributed by atoms with Gasteiger partial charge in [0, 0.05) is 45.6 Å². The number of carbonyl (C=O) groups is 1. The van der Waals surface area contributed by atoms with Crippen molar-refractivity contribution >= 4 is 39.2 Å². The number of carbonyl (C=O) groups excluding carboxylic acids is 1. The van der Waals surface area contributed by atoms with Crippen LogP contribution in [-0.4, -0.2) is 15.5 Å². The van der Waals surface area contributed by atoms with Gasteiger partial charge in [-0.05, 0) is 49.1 Å². The molecule has 1 atom stereocenters. The van der Waals surface area contributed by atoms with Gasteiger partial charge in [0.2, 0.25) is 0 Å². The molecule has 2 aromatic heterocycles. The molecule has 0 fully saturated rings. The molecule has 1 amide bonds. The fourth-order valence-electron chi connectivity index (χ4n) is 4.41. The van der Waals surface area contributed by atoms with E-state index < -0.39 is 0 Å². The van der Waals surface area contributed by atoms with E-state index >= 15 is 0 Å². The van der Waals surface area contributed by atoms with E-state index in [4.69, 9.17) is 11.6 Å². The first-order valence-electron chi connectivity index (χ1n) is 9.72. The second-order valence-corrected chi connectivity index (χ2v) is 8.07. The van der Waals surface area contributed by atoms with Crippen molar-refractivity contribution in [3.8, 4) is 0 Å². The third-order valence-corrected chi connectivity index (χ3v) is 6.05. The Morgan fingerprint density at radius 3 is 2.79 bits per heavy atom. The Hall–Kier alpha value is -3.05. The lowest BCUT2D eigenvalue weighted by Crippen LogP contribution is -2.32. The number of H-pyrrole nitrogens is 1. The predicted octanol–water partition coefficient (Wildman–Crippen LogP) is 4.48. The molecule has 2 heterocycles. The number of hydrogen-bond donors (Lipinski definition) is 2. The van der Waals surface area contributed by atoms with E-state index in [-0.39, 0.29) is 17.5 Å². The highest BCUT2D eigenvalue weighted by Gasteiger charge is 2.26. The summed E-state index contributed by atoms with van der Waals surface area (Å²) in [5.41, 5.74) is 3.71. The lowest BCUT2D eigenvalue weighted by atomic mass is 9.91. The topological polar surface area (TPSA) is 66.9 Å². The van der Waals surface area contributed by atoms with Crippen molar-refractivity contribution in [1.82, 2.24) is 14.9 Å². The van der Waals surface area contributed by atoms with Crippen molar-refractivity contribution in [3.05, 3.63) is 80.9 Å². The number of aromatic nitrogens is 2. The number of amides is 1. The van der Waals surface area contributed by atoms with Gasteiger partial charge in [0.25, 0.3) is 11.5 Å². The first-order valence-corrected chi connectivity index (χ1v) is 10.1. The van der Waals surface area contributed by atoms with Crippen LogP contribution in [0.15, 0.2) is 53.5 Å². The summed E-state index contributed by atoms with van der Waals surface area (Å²) in [5.74, 6) is -0.175. The zero-order chi connectivity index (χ0) is 20.1. The van der Waals surface area contributed by atoms with Crippen LogP contribution in [0.2, 0.25) is 5.02 Å². The van der Waals surface area contributed by atoms with Gasteiger partial charge in [-0.1, -0.05) is 29.8 Å². The highest BCUT2D eigenvalue weighted by Crippen LogP contribution is 2.36. The molecule has 29 heavy (non-hydrogen) atoms. The molecule has 6 heteroatoms. The third-order valence-electron chi connectivity index (χ3n) is 5.81. The number of halogens is 1. The molecule has 0 saturated heterocycles. The average Bonchev–Trinajstić information content (AvgIpc) is 3.09. The van der Waals surface area contributed by atoms with Crippen LogP contribution in [0.25, 0.3) is 21.7 Å². The number of aryl methyl sites for hydroxylation is 2. The van der Waals surface area contributed by atoms with Crippen LogP contribution in [0, 0.1) is 0 Å². The van der Waals surface area contributed by atoms with Gasteiger partial charge in [-0.3, -0.25) is 9.59 Å². The molecule has 1 aliphatic carbocycles. The largest absolute Gasteiger partial charge is 0.356 e. The van der Waals surface area contributed by atoms with E-state index in [0.29, 0.717) is 21.4 Å². The van der Waals surface area contributed by atoms with Gasteiger partial charge in [0.15, 0.2) is 0 Å². The van der Waals surface area contributed by atoms with Gasteiger partial charge >= 0.3 is 0 Å². The maximum Gasteiger partial charge on any atom is 0.258 e. The number of benzene rings is 2. The molecule has 4 aromatic rings. The van der Waals surface area contributed by atoms with Gasteiger partial charge in [-0.15, -0.1) is 0 Å². The average molecular weight is 406 g/mol. The Kier molecular flexibility index (Phi) is 4.21. The quantitative estimate of drug-likeness (QED) is 0.516. The van der Waals surface area contributed by atoms with Crippen molar-refractivity contribution in [2.75, 3.05) is 0 Å². The normalized spacial score (nSPS) is 16.1. The summed E-state index contributed by atoms with van der Waals surface area (Å²) in [5, 5.41) is 6.24. The van der Waals surface area contributed by atoms with E-state index in [1.165, 1.54) is 10.1 Å². The lowest BCUT2D eigenvalue weighted by molar-refractivity contribution is 0.0933. The Balaban J connectivity index is 1.55. The van der Waals surface area contributed by atoms with Crippen LogP contribution in [-0.2, 0) is 13.5 Å². The summed E-state index contributed by atoms with van der Waals surface area (Å²) in [6, 6.07) is 13.0. The van der Waals surface area contributed by atoms with Crippen LogP contribution in [0.5, 0.6) is 0 Å². The Morgan fingerprint density at radius 1 is 1.17 bits per heavy atom. The SMILES string of the molecule is Cn1cc(C(=O)N[C@H]2CCCc3c2[nH]c2ccc(Cl)cc32)c2ccccc2c1=O. The summed E-state index contributed by atoms with van der Waals surface area (Å²) in [4.78, 5) is 29.1. The second-order valence-electron chi connectivity index (χ2n) is 7.63. The Morgan fingerprint density at radius 2 is 1.97 bits per heavy atom. The molecule has 1 aliphatic rings. The number of nitrogens with one attached hydrogen (secondary N) is 2. The maximum atomic E-state index is 13.2. The number of rotatable bonds is 2. The van der Waals surface area contributed by atoms with Crippen molar-refractivity contribution in [1.29, 1.82) is 0 Å². The van der Waals surface area contributed by atoms with Gasteiger partial charge < -0.3 is 14.9 Å². The van der Waals surface area contributed by atoms with Gasteiger partial charge in [0.1, 0.15) is 0 Å². The van der Waals surface area contributed by atoms with Gasteiger partial charge in [-0.2, -0.15) is 0 Å². The van der Waals surface area contributed by atoms with E-state index in [1.807, 2.05) is 36.4 Å². The molecule has 5 nitrogen and oxygen atoms in total. The minimum absolute atomic E-state index is 0.103. The molecule has 0 unspecified atom stereocenters. The van der Waals surface area contributed by atoms with Crippen molar-refractivity contribution in [2.24, 2.45) is 7.05 Å². The van der Waals surface area contributed by atoms with Gasteiger partial charge in [0.05, 0.1) is 11.6 Å². The van der Waals surface area contributed by atoms with E-state index in [9.17, 15) is 9.59 Å². The van der Waals surface area contributed by atoms with Crippen LogP contribution < -0.4 is 10.9 Å². The fourth-order valence-corrected chi connectivity index (χ4v) is 4.58. The zero-order valence-electron chi connectivity index (χ0n) is 16.0. The molecular weight excluding hydrogens is 386 g/mol.